The summed E-state index contributed by atoms with van der Waals surface area (Å²) in [5.41, 5.74) is -0.168. The summed E-state index contributed by atoms with van der Waals surface area (Å²) < 4.78 is 43.5. The fourth-order valence-electron chi connectivity index (χ4n) is 2.80. The van der Waals surface area contributed by atoms with Gasteiger partial charge < -0.3 is 0 Å². The highest BCUT2D eigenvalue weighted by Gasteiger charge is 2.20. The number of halogens is 2. The van der Waals surface area contributed by atoms with E-state index < -0.39 is 20.7 Å². The van der Waals surface area contributed by atoms with E-state index in [1.54, 1.807) is 4.57 Å². The van der Waals surface area contributed by atoms with Gasteiger partial charge in [-0.15, -0.1) is 0 Å². The Hall–Kier alpha value is -1.71. The molecule has 7 nitrogen and oxygen atoms in total. The molecule has 136 valence electrons. The fourth-order valence-corrected chi connectivity index (χ4v) is 4.20. The Bertz CT molecular complexity index is 939. The number of aryl methyl sites for hydroxylation is 2. The molecule has 0 fully saturated rings. The van der Waals surface area contributed by atoms with Crippen LogP contribution in [0.3, 0.4) is 0 Å². The van der Waals surface area contributed by atoms with E-state index >= 15 is 0 Å². The lowest BCUT2D eigenvalue weighted by atomic mass is 10.2. The summed E-state index contributed by atoms with van der Waals surface area (Å²) >= 11 is 5.61. The first-order chi connectivity index (χ1) is 11.9. The predicted octanol–water partition coefficient (Wildman–Crippen LogP) is 1.54. The number of fused-ring (bicyclic) bond motifs is 1. The van der Waals surface area contributed by atoms with Crippen molar-refractivity contribution in [2.45, 2.75) is 43.7 Å². The molecule has 0 aliphatic carbocycles. The van der Waals surface area contributed by atoms with Gasteiger partial charge in [0.1, 0.15) is 10.7 Å². The first kappa shape index (κ1) is 18.1. The molecule has 0 amide bonds. The van der Waals surface area contributed by atoms with Crippen LogP contribution in [0, 0.1) is 5.82 Å². The molecule has 0 bridgehead atoms. The molecule has 0 radical (unpaired) electrons. The van der Waals surface area contributed by atoms with Crippen LogP contribution in [-0.2, 0) is 29.5 Å². The van der Waals surface area contributed by atoms with Crippen LogP contribution in [0.15, 0.2) is 27.9 Å². The van der Waals surface area contributed by atoms with E-state index in [0.717, 1.165) is 31.2 Å². The minimum atomic E-state index is -4.00. The van der Waals surface area contributed by atoms with E-state index in [9.17, 15) is 17.6 Å². The molecule has 1 N–H and O–H groups in total. The highest BCUT2D eigenvalue weighted by atomic mass is 35.5. The fraction of sp³-hybridized carbons (Fsp3) is 0.467. The standard InChI is InChI=1S/C15H18ClFN4O3S/c16-11-5-3-6-12(14(11)17)25(23,24)18-8-4-10-21-15(22)20-9-2-1-7-13(20)19-21/h3,5-6,18H,1-2,4,7-10H2. The van der Waals surface area contributed by atoms with Gasteiger partial charge in [0, 0.05) is 26.1 Å². The van der Waals surface area contributed by atoms with Crippen molar-refractivity contribution in [3.8, 4) is 0 Å². The summed E-state index contributed by atoms with van der Waals surface area (Å²) in [4.78, 5) is 11.7. The number of nitrogens with zero attached hydrogens (tertiary/aromatic N) is 3. The zero-order valence-electron chi connectivity index (χ0n) is 13.4. The Balaban J connectivity index is 1.61. The second kappa shape index (κ2) is 7.27. The molecule has 0 spiro atoms. The van der Waals surface area contributed by atoms with Crippen molar-refractivity contribution in [2.75, 3.05) is 6.54 Å². The SMILES string of the molecule is O=c1n(CCCNS(=O)(=O)c2cccc(Cl)c2F)nc2n1CCCC2. The molecular weight excluding hydrogens is 371 g/mol. The predicted molar refractivity (Wildman–Crippen MR) is 90.6 cm³/mol. The number of benzene rings is 1. The zero-order chi connectivity index (χ0) is 18.0. The molecule has 10 heteroatoms. The first-order valence-corrected chi connectivity index (χ1v) is 9.86. The average Bonchev–Trinajstić information content (AvgIpc) is 2.90. The quantitative estimate of drug-likeness (QED) is 0.760. The first-order valence-electron chi connectivity index (χ1n) is 8.00. The molecule has 1 aromatic carbocycles. The molecule has 1 aliphatic heterocycles. The Morgan fingerprint density at radius 1 is 1.32 bits per heavy atom. The van der Waals surface area contributed by atoms with Crippen molar-refractivity contribution in [2.24, 2.45) is 0 Å². The second-order valence-electron chi connectivity index (χ2n) is 5.83. The van der Waals surface area contributed by atoms with Crippen LogP contribution in [0.4, 0.5) is 4.39 Å². The largest absolute Gasteiger partial charge is 0.345 e. The highest BCUT2D eigenvalue weighted by molar-refractivity contribution is 7.89. The van der Waals surface area contributed by atoms with Crippen molar-refractivity contribution < 1.29 is 12.8 Å². The third-order valence-corrected chi connectivity index (χ3v) is 5.85. The van der Waals surface area contributed by atoms with Crippen LogP contribution >= 0.6 is 11.6 Å². The number of hydrogen-bond donors (Lipinski definition) is 1. The molecule has 0 atom stereocenters. The average molecular weight is 389 g/mol. The normalized spacial score (nSPS) is 14.5. The van der Waals surface area contributed by atoms with Crippen LogP contribution < -0.4 is 10.4 Å². The Morgan fingerprint density at radius 2 is 2.12 bits per heavy atom. The van der Waals surface area contributed by atoms with Gasteiger partial charge in [-0.2, -0.15) is 5.10 Å². The summed E-state index contributed by atoms with van der Waals surface area (Å²) in [5.74, 6) is -0.201. The van der Waals surface area contributed by atoms with Gasteiger partial charge in [0.2, 0.25) is 10.0 Å². The molecule has 0 saturated carbocycles. The van der Waals surface area contributed by atoms with Gasteiger partial charge in [-0.3, -0.25) is 4.57 Å². The maximum Gasteiger partial charge on any atom is 0.345 e. The van der Waals surface area contributed by atoms with E-state index in [1.807, 2.05) is 0 Å². The van der Waals surface area contributed by atoms with Crippen molar-refractivity contribution in [1.82, 2.24) is 19.1 Å². The van der Waals surface area contributed by atoms with Gasteiger partial charge in [0.15, 0.2) is 5.82 Å². The molecule has 1 aliphatic rings. The monoisotopic (exact) mass is 388 g/mol. The van der Waals surface area contributed by atoms with E-state index in [0.29, 0.717) is 19.5 Å². The molecular formula is C15H18ClFN4O3S. The maximum absolute atomic E-state index is 13.8. The van der Waals surface area contributed by atoms with E-state index in [2.05, 4.69) is 9.82 Å². The smallest absolute Gasteiger partial charge is 0.279 e. The van der Waals surface area contributed by atoms with Gasteiger partial charge in [-0.1, -0.05) is 17.7 Å². The van der Waals surface area contributed by atoms with Gasteiger partial charge >= 0.3 is 5.69 Å². The third-order valence-electron chi connectivity index (χ3n) is 4.08. The highest BCUT2D eigenvalue weighted by Crippen LogP contribution is 2.21. The molecule has 2 heterocycles. The lowest BCUT2D eigenvalue weighted by molar-refractivity contribution is 0.508. The van der Waals surface area contributed by atoms with Gasteiger partial charge in [0.25, 0.3) is 0 Å². The zero-order valence-corrected chi connectivity index (χ0v) is 15.0. The minimum Gasteiger partial charge on any atom is -0.279 e. The number of aromatic nitrogens is 3. The molecule has 0 unspecified atom stereocenters. The molecule has 0 saturated heterocycles. The van der Waals surface area contributed by atoms with Gasteiger partial charge in [0.05, 0.1) is 5.02 Å². The number of hydrogen-bond acceptors (Lipinski definition) is 4. The molecule has 2 aromatic rings. The summed E-state index contributed by atoms with van der Waals surface area (Å²) in [5, 5.41) is 4.03. The summed E-state index contributed by atoms with van der Waals surface area (Å²) in [7, 11) is -4.00. The van der Waals surface area contributed by atoms with Crippen molar-refractivity contribution in [1.29, 1.82) is 0 Å². The minimum absolute atomic E-state index is 0.0585. The van der Waals surface area contributed by atoms with Gasteiger partial charge in [-0.25, -0.2) is 27.0 Å². The third kappa shape index (κ3) is 3.78. The Kier molecular flexibility index (Phi) is 5.26. The van der Waals surface area contributed by atoms with Crippen LogP contribution in [0.2, 0.25) is 5.02 Å². The van der Waals surface area contributed by atoms with Crippen molar-refractivity contribution in [3.05, 3.63) is 45.3 Å². The Morgan fingerprint density at radius 3 is 2.88 bits per heavy atom. The second-order valence-corrected chi connectivity index (χ2v) is 7.98. The van der Waals surface area contributed by atoms with Crippen LogP contribution in [0.25, 0.3) is 0 Å². The van der Waals surface area contributed by atoms with Crippen molar-refractivity contribution in [3.63, 3.8) is 0 Å². The molecule has 1 aromatic heterocycles. The summed E-state index contributed by atoms with van der Waals surface area (Å²) in [6.07, 6.45) is 3.12. The van der Waals surface area contributed by atoms with Crippen LogP contribution in [-0.4, -0.2) is 29.3 Å². The van der Waals surface area contributed by atoms with Crippen molar-refractivity contribution >= 4 is 21.6 Å². The number of nitrogens with one attached hydrogen (secondary N) is 1. The summed E-state index contributed by atoms with van der Waals surface area (Å²) in [6, 6.07) is 3.80. The number of sulfonamides is 1. The molecule has 25 heavy (non-hydrogen) atoms. The van der Waals surface area contributed by atoms with E-state index in [1.165, 1.54) is 16.8 Å². The Labute approximate surface area is 149 Å². The lowest BCUT2D eigenvalue weighted by Gasteiger charge is -2.09. The van der Waals surface area contributed by atoms with E-state index in [-0.39, 0.29) is 17.3 Å². The maximum atomic E-state index is 13.8. The van der Waals surface area contributed by atoms with Crippen LogP contribution in [0.1, 0.15) is 25.1 Å². The lowest BCUT2D eigenvalue weighted by Crippen LogP contribution is -2.29. The van der Waals surface area contributed by atoms with Gasteiger partial charge in [-0.05, 0) is 31.4 Å². The topological polar surface area (TPSA) is 86.0 Å². The van der Waals surface area contributed by atoms with E-state index in [4.69, 9.17) is 11.6 Å². The number of rotatable bonds is 6. The summed E-state index contributed by atoms with van der Waals surface area (Å²) in [6.45, 7) is 1.02. The molecule has 3 rings (SSSR count). The van der Waals surface area contributed by atoms with Crippen LogP contribution in [0.5, 0.6) is 0 Å².